The van der Waals surface area contributed by atoms with Crippen LogP contribution in [0.15, 0.2) is 24.4 Å². The quantitative estimate of drug-likeness (QED) is 0.669. The summed E-state index contributed by atoms with van der Waals surface area (Å²) in [4.78, 5) is 0. The summed E-state index contributed by atoms with van der Waals surface area (Å²) in [6, 6.07) is 3.74. The third-order valence-corrected chi connectivity index (χ3v) is 1.69. The van der Waals surface area contributed by atoms with Gasteiger partial charge in [0.25, 0.3) is 0 Å². The summed E-state index contributed by atoms with van der Waals surface area (Å²) in [6.45, 7) is -2.68. The Morgan fingerprint density at radius 2 is 2.08 bits per heavy atom. The molecule has 0 spiro atoms. The van der Waals surface area contributed by atoms with E-state index in [2.05, 4.69) is 5.10 Å². The van der Waals surface area contributed by atoms with E-state index in [-0.39, 0.29) is 5.52 Å². The Bertz CT molecular complexity index is 436. The van der Waals surface area contributed by atoms with Crippen molar-refractivity contribution in [2.75, 3.05) is 0 Å². The minimum atomic E-state index is -2.68. The van der Waals surface area contributed by atoms with E-state index in [0.717, 1.165) is 6.07 Å². The molecule has 0 saturated carbocycles. The molecule has 2 rings (SSSR count). The minimum absolute atomic E-state index is 0.236. The van der Waals surface area contributed by atoms with Crippen LogP contribution in [0.1, 0.15) is 6.55 Å². The van der Waals surface area contributed by atoms with Crippen LogP contribution in [-0.2, 0) is 0 Å². The lowest BCUT2D eigenvalue weighted by Crippen LogP contribution is -1.96. The predicted molar refractivity (Wildman–Crippen MR) is 40.9 cm³/mol. The van der Waals surface area contributed by atoms with Gasteiger partial charge in [0.15, 0.2) is 0 Å². The van der Waals surface area contributed by atoms with Crippen molar-refractivity contribution in [1.29, 1.82) is 0 Å². The van der Waals surface area contributed by atoms with E-state index < -0.39 is 12.4 Å². The van der Waals surface area contributed by atoms with Crippen molar-refractivity contribution >= 4 is 10.9 Å². The van der Waals surface area contributed by atoms with Crippen LogP contribution >= 0.6 is 0 Å². The zero-order valence-corrected chi connectivity index (χ0v) is 6.42. The van der Waals surface area contributed by atoms with Crippen LogP contribution in [0.3, 0.4) is 0 Å². The highest BCUT2D eigenvalue weighted by molar-refractivity contribution is 5.77. The van der Waals surface area contributed by atoms with Gasteiger partial charge in [-0.3, -0.25) is 0 Å². The van der Waals surface area contributed by atoms with Gasteiger partial charge in [-0.1, -0.05) is 0 Å². The van der Waals surface area contributed by atoms with E-state index in [1.165, 1.54) is 18.3 Å². The monoisotopic (exact) mass is 186 g/mol. The van der Waals surface area contributed by atoms with Crippen LogP contribution < -0.4 is 0 Å². The molecule has 0 saturated heterocycles. The van der Waals surface area contributed by atoms with Crippen molar-refractivity contribution < 1.29 is 13.2 Å². The van der Waals surface area contributed by atoms with Gasteiger partial charge in [0.1, 0.15) is 5.82 Å². The lowest BCUT2D eigenvalue weighted by Gasteiger charge is -1.94. The number of nitrogens with zero attached hydrogens (tertiary/aromatic N) is 2. The largest absolute Gasteiger partial charge is 0.333 e. The second-order valence-corrected chi connectivity index (χ2v) is 2.59. The molecule has 0 bridgehead atoms. The highest BCUT2D eigenvalue weighted by Crippen LogP contribution is 2.17. The molecule has 0 N–H and O–H groups in total. The van der Waals surface area contributed by atoms with Gasteiger partial charge >= 0.3 is 6.55 Å². The maximum atomic E-state index is 12.6. The van der Waals surface area contributed by atoms with E-state index in [1.807, 2.05) is 0 Å². The molecule has 0 unspecified atom stereocenters. The summed E-state index contributed by atoms with van der Waals surface area (Å²) >= 11 is 0. The highest BCUT2D eigenvalue weighted by Gasteiger charge is 2.08. The number of benzene rings is 1. The molecular formula is C8H5F3N2. The second kappa shape index (κ2) is 2.76. The molecule has 1 aromatic carbocycles. The Balaban J connectivity index is 2.62. The molecule has 5 heteroatoms. The van der Waals surface area contributed by atoms with Gasteiger partial charge < -0.3 is 0 Å². The summed E-state index contributed by atoms with van der Waals surface area (Å²) in [7, 11) is 0. The molecule has 0 aliphatic carbocycles. The number of fused-ring (bicyclic) bond motifs is 1. The zero-order chi connectivity index (χ0) is 9.42. The van der Waals surface area contributed by atoms with E-state index in [0.29, 0.717) is 10.1 Å². The first-order valence-corrected chi connectivity index (χ1v) is 3.59. The Morgan fingerprint density at radius 3 is 2.77 bits per heavy atom. The summed E-state index contributed by atoms with van der Waals surface area (Å²) in [6.07, 6.45) is 1.18. The first-order chi connectivity index (χ1) is 6.16. The van der Waals surface area contributed by atoms with Crippen molar-refractivity contribution in [1.82, 2.24) is 9.78 Å². The molecule has 0 aliphatic heterocycles. The van der Waals surface area contributed by atoms with Crippen LogP contribution in [0.25, 0.3) is 10.9 Å². The number of rotatable bonds is 1. The summed E-state index contributed by atoms with van der Waals surface area (Å²) in [5, 5.41) is 4.00. The summed E-state index contributed by atoms with van der Waals surface area (Å²) < 4.78 is 37.3. The van der Waals surface area contributed by atoms with Gasteiger partial charge in [0, 0.05) is 17.6 Å². The fraction of sp³-hybridized carbons (Fsp3) is 0.125. The molecule has 0 atom stereocenters. The topological polar surface area (TPSA) is 17.8 Å². The first kappa shape index (κ1) is 8.10. The Labute approximate surface area is 71.6 Å². The molecule has 0 amide bonds. The molecule has 1 heterocycles. The summed E-state index contributed by atoms with van der Waals surface area (Å²) in [5.41, 5.74) is 0.236. The SMILES string of the molecule is Fc1ccc2cn(C(F)F)nc2c1. The number of hydrogen-bond donors (Lipinski definition) is 0. The average Bonchev–Trinajstić information content (AvgIpc) is 2.46. The molecule has 2 aromatic rings. The summed E-state index contributed by atoms with van der Waals surface area (Å²) in [5.74, 6) is -0.480. The maximum Gasteiger partial charge on any atom is 0.333 e. The van der Waals surface area contributed by atoms with E-state index in [9.17, 15) is 13.2 Å². The average molecular weight is 186 g/mol. The minimum Gasteiger partial charge on any atom is -0.210 e. The standard InChI is InChI=1S/C8H5F3N2/c9-6-2-1-5-4-13(8(10)11)12-7(5)3-6/h1-4,8H. The third kappa shape index (κ3) is 1.37. The highest BCUT2D eigenvalue weighted by atomic mass is 19.3. The number of alkyl halides is 2. The molecule has 1 aromatic heterocycles. The van der Waals surface area contributed by atoms with Crippen LogP contribution in [0.4, 0.5) is 13.2 Å². The van der Waals surface area contributed by atoms with Gasteiger partial charge in [0.05, 0.1) is 5.52 Å². The molecule has 0 fully saturated rings. The second-order valence-electron chi connectivity index (χ2n) is 2.59. The smallest absolute Gasteiger partial charge is 0.210 e. The zero-order valence-electron chi connectivity index (χ0n) is 6.42. The molecule has 2 nitrogen and oxygen atoms in total. The van der Waals surface area contributed by atoms with Crippen molar-refractivity contribution in [3.63, 3.8) is 0 Å². The van der Waals surface area contributed by atoms with Crippen molar-refractivity contribution in [3.05, 3.63) is 30.2 Å². The molecular weight excluding hydrogens is 181 g/mol. The van der Waals surface area contributed by atoms with E-state index >= 15 is 0 Å². The van der Waals surface area contributed by atoms with Gasteiger partial charge in [-0.05, 0) is 12.1 Å². The van der Waals surface area contributed by atoms with Gasteiger partial charge in [0.2, 0.25) is 0 Å². The van der Waals surface area contributed by atoms with Gasteiger partial charge in [-0.15, -0.1) is 0 Å². The lowest BCUT2D eigenvalue weighted by molar-refractivity contribution is 0.0573. The maximum absolute atomic E-state index is 12.6. The van der Waals surface area contributed by atoms with Crippen LogP contribution in [0.5, 0.6) is 0 Å². The number of aromatic nitrogens is 2. The first-order valence-electron chi connectivity index (χ1n) is 3.59. The lowest BCUT2D eigenvalue weighted by atomic mass is 10.2. The Morgan fingerprint density at radius 1 is 1.31 bits per heavy atom. The van der Waals surface area contributed by atoms with E-state index in [1.54, 1.807) is 0 Å². The van der Waals surface area contributed by atoms with Gasteiger partial charge in [-0.2, -0.15) is 13.9 Å². The van der Waals surface area contributed by atoms with Crippen LogP contribution in [0, 0.1) is 5.82 Å². The number of halogens is 3. The Hall–Kier alpha value is -1.52. The van der Waals surface area contributed by atoms with Crippen LogP contribution in [0.2, 0.25) is 0 Å². The third-order valence-electron chi connectivity index (χ3n) is 1.69. The fourth-order valence-electron chi connectivity index (χ4n) is 1.11. The van der Waals surface area contributed by atoms with Crippen molar-refractivity contribution in [2.45, 2.75) is 6.55 Å². The van der Waals surface area contributed by atoms with Gasteiger partial charge in [-0.25, -0.2) is 9.07 Å². The fourth-order valence-corrected chi connectivity index (χ4v) is 1.11. The molecule has 0 aliphatic rings. The molecule has 13 heavy (non-hydrogen) atoms. The Kier molecular flexibility index (Phi) is 1.72. The van der Waals surface area contributed by atoms with Crippen LogP contribution in [-0.4, -0.2) is 9.78 Å². The predicted octanol–water partition coefficient (Wildman–Crippen LogP) is 2.57. The molecule has 0 radical (unpaired) electrons. The number of hydrogen-bond acceptors (Lipinski definition) is 1. The van der Waals surface area contributed by atoms with Crippen molar-refractivity contribution in [3.8, 4) is 0 Å². The normalized spacial score (nSPS) is 11.4. The van der Waals surface area contributed by atoms with Crippen molar-refractivity contribution in [2.24, 2.45) is 0 Å². The van der Waals surface area contributed by atoms with E-state index in [4.69, 9.17) is 0 Å². The molecule has 68 valence electrons.